The van der Waals surface area contributed by atoms with Crippen molar-refractivity contribution in [3.63, 3.8) is 0 Å². The molecule has 0 fully saturated rings. The van der Waals surface area contributed by atoms with Gasteiger partial charge < -0.3 is 10.1 Å². The highest BCUT2D eigenvalue weighted by Crippen LogP contribution is 2.31. The van der Waals surface area contributed by atoms with Gasteiger partial charge in [-0.05, 0) is 44.4 Å². The maximum absolute atomic E-state index is 6.06. The van der Waals surface area contributed by atoms with Gasteiger partial charge in [0.25, 0.3) is 0 Å². The minimum Gasteiger partial charge on any atom is -0.496 e. The maximum Gasteiger partial charge on any atom is 0.125 e. The van der Waals surface area contributed by atoms with E-state index in [1.807, 2.05) is 18.2 Å². The summed E-state index contributed by atoms with van der Waals surface area (Å²) in [4.78, 5) is 0. The van der Waals surface area contributed by atoms with E-state index in [0.717, 1.165) is 36.6 Å². The van der Waals surface area contributed by atoms with Crippen LogP contribution in [-0.2, 0) is 0 Å². The molecule has 1 N–H and O–H groups in total. The molecule has 0 spiro atoms. The van der Waals surface area contributed by atoms with Crippen LogP contribution in [0.25, 0.3) is 0 Å². The van der Waals surface area contributed by atoms with E-state index in [1.54, 1.807) is 7.11 Å². The SMILES string of the molecule is C=CCCCCCC(NCCC)c1ccc(Cl)cc1OC. The molecule has 2 nitrogen and oxygen atoms in total. The lowest BCUT2D eigenvalue weighted by molar-refractivity contribution is 0.391. The van der Waals surface area contributed by atoms with Gasteiger partial charge in [0, 0.05) is 16.6 Å². The first-order valence-electron chi connectivity index (χ1n) is 7.90. The van der Waals surface area contributed by atoms with E-state index in [2.05, 4.69) is 24.9 Å². The monoisotopic (exact) mass is 309 g/mol. The predicted octanol–water partition coefficient (Wildman–Crippen LogP) is 5.53. The van der Waals surface area contributed by atoms with Crippen LogP contribution in [0.2, 0.25) is 5.02 Å². The Morgan fingerprint density at radius 3 is 2.81 bits per heavy atom. The highest BCUT2D eigenvalue weighted by molar-refractivity contribution is 6.30. The average molecular weight is 310 g/mol. The van der Waals surface area contributed by atoms with Gasteiger partial charge in [-0.2, -0.15) is 0 Å². The number of hydrogen-bond acceptors (Lipinski definition) is 2. The third kappa shape index (κ3) is 6.54. The highest BCUT2D eigenvalue weighted by Gasteiger charge is 2.15. The van der Waals surface area contributed by atoms with Crippen molar-refractivity contribution in [3.05, 3.63) is 41.4 Å². The van der Waals surface area contributed by atoms with E-state index >= 15 is 0 Å². The Morgan fingerprint density at radius 1 is 1.33 bits per heavy atom. The van der Waals surface area contributed by atoms with Gasteiger partial charge in [0.1, 0.15) is 5.75 Å². The summed E-state index contributed by atoms with van der Waals surface area (Å²) in [6.07, 6.45) is 9.03. The van der Waals surface area contributed by atoms with Crippen molar-refractivity contribution in [3.8, 4) is 5.75 Å². The van der Waals surface area contributed by atoms with Crippen LogP contribution in [0.4, 0.5) is 0 Å². The molecule has 0 radical (unpaired) electrons. The summed E-state index contributed by atoms with van der Waals surface area (Å²) in [5.41, 5.74) is 1.21. The van der Waals surface area contributed by atoms with Gasteiger partial charge in [-0.3, -0.25) is 0 Å². The lowest BCUT2D eigenvalue weighted by Gasteiger charge is -2.21. The summed E-state index contributed by atoms with van der Waals surface area (Å²) in [6.45, 7) is 6.98. The Hall–Kier alpha value is -0.990. The van der Waals surface area contributed by atoms with Gasteiger partial charge in [0.2, 0.25) is 0 Å². The average Bonchev–Trinajstić information content (AvgIpc) is 2.50. The molecule has 0 bridgehead atoms. The molecule has 0 heterocycles. The number of unbranched alkanes of at least 4 members (excludes halogenated alkanes) is 3. The number of halogens is 1. The molecule has 1 rings (SSSR count). The van der Waals surface area contributed by atoms with Crippen LogP contribution in [0.3, 0.4) is 0 Å². The molecule has 0 aliphatic rings. The van der Waals surface area contributed by atoms with E-state index in [9.17, 15) is 0 Å². The van der Waals surface area contributed by atoms with E-state index in [4.69, 9.17) is 16.3 Å². The third-order valence-corrected chi connectivity index (χ3v) is 3.85. The Labute approximate surface area is 134 Å². The zero-order valence-corrected chi connectivity index (χ0v) is 14.1. The van der Waals surface area contributed by atoms with Crippen LogP contribution in [-0.4, -0.2) is 13.7 Å². The number of nitrogens with one attached hydrogen (secondary N) is 1. The van der Waals surface area contributed by atoms with E-state index in [1.165, 1.54) is 24.8 Å². The largest absolute Gasteiger partial charge is 0.496 e. The van der Waals surface area contributed by atoms with Gasteiger partial charge in [0.15, 0.2) is 0 Å². The molecular formula is C18H28ClNO. The number of methoxy groups -OCH3 is 1. The van der Waals surface area contributed by atoms with Crippen LogP contribution >= 0.6 is 11.6 Å². The molecule has 0 saturated heterocycles. The van der Waals surface area contributed by atoms with Crippen LogP contribution < -0.4 is 10.1 Å². The molecular weight excluding hydrogens is 282 g/mol. The van der Waals surface area contributed by atoms with Crippen LogP contribution in [0.1, 0.15) is 57.1 Å². The molecule has 3 heteroatoms. The second kappa shape index (κ2) is 10.7. The Kier molecular flexibility index (Phi) is 9.20. The molecule has 0 aliphatic heterocycles. The van der Waals surface area contributed by atoms with Crippen molar-refractivity contribution in [2.75, 3.05) is 13.7 Å². The number of benzene rings is 1. The second-order valence-electron chi connectivity index (χ2n) is 5.32. The Bertz CT molecular complexity index is 420. The quantitative estimate of drug-likeness (QED) is 0.429. The lowest BCUT2D eigenvalue weighted by Crippen LogP contribution is -2.22. The summed E-state index contributed by atoms with van der Waals surface area (Å²) in [6, 6.07) is 6.26. The minimum absolute atomic E-state index is 0.334. The van der Waals surface area contributed by atoms with Crippen molar-refractivity contribution in [1.82, 2.24) is 5.32 Å². The molecule has 1 aromatic carbocycles. The summed E-state index contributed by atoms with van der Waals surface area (Å²) in [5.74, 6) is 0.877. The zero-order valence-electron chi connectivity index (χ0n) is 13.3. The molecule has 1 unspecified atom stereocenters. The molecule has 0 amide bonds. The number of rotatable bonds is 11. The highest BCUT2D eigenvalue weighted by atomic mass is 35.5. The smallest absolute Gasteiger partial charge is 0.125 e. The minimum atomic E-state index is 0.334. The van der Waals surface area contributed by atoms with E-state index in [-0.39, 0.29) is 0 Å². The van der Waals surface area contributed by atoms with Gasteiger partial charge in [-0.25, -0.2) is 0 Å². The number of hydrogen-bond donors (Lipinski definition) is 1. The molecule has 0 aromatic heterocycles. The summed E-state index contributed by atoms with van der Waals surface area (Å²) >= 11 is 6.06. The van der Waals surface area contributed by atoms with E-state index < -0.39 is 0 Å². The first-order valence-corrected chi connectivity index (χ1v) is 8.28. The van der Waals surface area contributed by atoms with E-state index in [0.29, 0.717) is 6.04 Å². The standard InChI is InChI=1S/C18H28ClNO/c1-4-6-7-8-9-10-17(20-13-5-2)16-12-11-15(19)14-18(16)21-3/h4,11-12,14,17,20H,1,5-10,13H2,2-3H3. The summed E-state index contributed by atoms with van der Waals surface area (Å²) in [5, 5.41) is 4.35. The fraction of sp³-hybridized carbons (Fsp3) is 0.556. The van der Waals surface area contributed by atoms with Crippen molar-refractivity contribution < 1.29 is 4.74 Å². The first-order chi connectivity index (χ1) is 10.2. The zero-order chi connectivity index (χ0) is 15.5. The molecule has 1 atom stereocenters. The molecule has 0 saturated carbocycles. The van der Waals surface area contributed by atoms with Gasteiger partial charge in [-0.15, -0.1) is 6.58 Å². The predicted molar refractivity (Wildman–Crippen MR) is 92.3 cm³/mol. The van der Waals surface area contributed by atoms with Crippen molar-refractivity contribution in [2.24, 2.45) is 0 Å². The molecule has 118 valence electrons. The normalized spacial score (nSPS) is 12.1. The van der Waals surface area contributed by atoms with Crippen molar-refractivity contribution >= 4 is 11.6 Å². The number of ether oxygens (including phenoxy) is 1. The lowest BCUT2D eigenvalue weighted by atomic mass is 9.99. The second-order valence-corrected chi connectivity index (χ2v) is 5.76. The molecule has 0 aliphatic carbocycles. The number of allylic oxidation sites excluding steroid dienone is 1. The van der Waals surface area contributed by atoms with Crippen LogP contribution in [0.15, 0.2) is 30.9 Å². The van der Waals surface area contributed by atoms with Crippen molar-refractivity contribution in [2.45, 2.75) is 51.5 Å². The topological polar surface area (TPSA) is 21.3 Å². The van der Waals surface area contributed by atoms with Gasteiger partial charge in [-0.1, -0.05) is 43.5 Å². The molecule has 21 heavy (non-hydrogen) atoms. The van der Waals surface area contributed by atoms with Crippen molar-refractivity contribution in [1.29, 1.82) is 0 Å². The fourth-order valence-electron chi connectivity index (χ4n) is 2.47. The Balaban J connectivity index is 2.69. The van der Waals surface area contributed by atoms with Crippen LogP contribution in [0, 0.1) is 0 Å². The summed E-state index contributed by atoms with van der Waals surface area (Å²) in [7, 11) is 1.70. The van der Waals surface area contributed by atoms with Gasteiger partial charge >= 0.3 is 0 Å². The first kappa shape index (κ1) is 18.1. The van der Waals surface area contributed by atoms with Crippen LogP contribution in [0.5, 0.6) is 5.75 Å². The molecule has 1 aromatic rings. The van der Waals surface area contributed by atoms with Gasteiger partial charge in [0.05, 0.1) is 7.11 Å². The Morgan fingerprint density at radius 2 is 2.14 bits per heavy atom. The maximum atomic E-state index is 6.06. The third-order valence-electron chi connectivity index (χ3n) is 3.61. The fourth-order valence-corrected chi connectivity index (χ4v) is 2.63. The summed E-state index contributed by atoms with van der Waals surface area (Å²) < 4.78 is 5.49.